The third-order valence-electron chi connectivity index (χ3n) is 5.55. The fraction of sp³-hybridized carbons (Fsp3) is 0.909. The van der Waals surface area contributed by atoms with Gasteiger partial charge in [0.1, 0.15) is 18.3 Å². The smallest absolute Gasteiger partial charge is 0.335 e. The number of carboxylic acid groups (broad SMARTS) is 1. The molecule has 176 valence electrons. The van der Waals surface area contributed by atoms with Crippen molar-refractivity contribution in [3.8, 4) is 0 Å². The maximum absolute atomic E-state index is 11.9. The summed E-state index contributed by atoms with van der Waals surface area (Å²) >= 11 is 0. The van der Waals surface area contributed by atoms with Crippen molar-refractivity contribution in [3.63, 3.8) is 0 Å². The predicted octanol–water partition coefficient (Wildman–Crippen LogP) is 2.90. The highest BCUT2D eigenvalue weighted by molar-refractivity contribution is 5.73. The van der Waals surface area contributed by atoms with Crippen molar-refractivity contribution in [2.45, 2.75) is 128 Å². The quantitative estimate of drug-likeness (QED) is 0.216. The van der Waals surface area contributed by atoms with Gasteiger partial charge in [-0.15, -0.1) is 0 Å². The summed E-state index contributed by atoms with van der Waals surface area (Å²) in [5.41, 5.74) is 0. The largest absolute Gasteiger partial charge is 0.479 e. The minimum atomic E-state index is -1.80. The van der Waals surface area contributed by atoms with E-state index in [0.717, 1.165) is 19.3 Å². The Morgan fingerprint density at radius 2 is 1.20 bits per heavy atom. The molecule has 0 spiro atoms. The molecular formula is C22H40O8. The van der Waals surface area contributed by atoms with Gasteiger partial charge in [0.15, 0.2) is 6.10 Å². The molecule has 0 radical (unpaired) electrons. The maximum atomic E-state index is 11.9. The highest BCUT2D eigenvalue weighted by Crippen LogP contribution is 2.23. The Bertz CT molecular complexity index is 484. The van der Waals surface area contributed by atoms with Crippen LogP contribution in [0.2, 0.25) is 0 Å². The zero-order valence-electron chi connectivity index (χ0n) is 18.2. The zero-order chi connectivity index (χ0) is 22.4. The summed E-state index contributed by atoms with van der Waals surface area (Å²) in [7, 11) is 0. The Morgan fingerprint density at radius 1 is 0.733 bits per heavy atom. The summed E-state index contributed by atoms with van der Waals surface area (Å²) in [5, 5.41) is 38.1. The van der Waals surface area contributed by atoms with Crippen LogP contribution in [0.5, 0.6) is 0 Å². The predicted molar refractivity (Wildman–Crippen MR) is 111 cm³/mol. The van der Waals surface area contributed by atoms with Crippen LogP contribution in [0.3, 0.4) is 0 Å². The maximum Gasteiger partial charge on any atom is 0.335 e. The third-order valence-corrected chi connectivity index (χ3v) is 5.55. The lowest BCUT2D eigenvalue weighted by atomic mass is 9.99. The van der Waals surface area contributed by atoms with E-state index >= 15 is 0 Å². The van der Waals surface area contributed by atoms with Gasteiger partial charge in [-0.05, 0) is 6.42 Å². The summed E-state index contributed by atoms with van der Waals surface area (Å²) in [5.74, 6) is -2.14. The van der Waals surface area contributed by atoms with Crippen molar-refractivity contribution in [2.75, 3.05) is 0 Å². The second-order valence-corrected chi connectivity index (χ2v) is 8.22. The molecule has 0 amide bonds. The van der Waals surface area contributed by atoms with Crippen molar-refractivity contribution < 1.29 is 39.5 Å². The molecule has 8 nitrogen and oxygen atoms in total. The highest BCUT2D eigenvalue weighted by Gasteiger charge is 2.48. The van der Waals surface area contributed by atoms with Gasteiger partial charge in [0.05, 0.1) is 0 Å². The van der Waals surface area contributed by atoms with Gasteiger partial charge in [-0.1, -0.05) is 84.0 Å². The Morgan fingerprint density at radius 3 is 1.67 bits per heavy atom. The highest BCUT2D eigenvalue weighted by atomic mass is 16.7. The minimum absolute atomic E-state index is 0.126. The van der Waals surface area contributed by atoms with Crippen LogP contribution in [0, 0.1) is 0 Å². The summed E-state index contributed by atoms with van der Waals surface area (Å²) in [6.07, 6.45) is 6.92. The van der Waals surface area contributed by atoms with Gasteiger partial charge < -0.3 is 29.9 Å². The zero-order valence-corrected chi connectivity index (χ0v) is 18.2. The van der Waals surface area contributed by atoms with Crippen molar-refractivity contribution >= 4 is 11.9 Å². The van der Waals surface area contributed by atoms with E-state index in [9.17, 15) is 24.9 Å². The van der Waals surface area contributed by atoms with E-state index in [-0.39, 0.29) is 6.42 Å². The van der Waals surface area contributed by atoms with Crippen LogP contribution >= 0.6 is 0 Å². The number of carbonyl (C=O) groups is 2. The normalized spacial score (nSPS) is 26.5. The molecule has 5 atom stereocenters. The van der Waals surface area contributed by atoms with Gasteiger partial charge in [-0.2, -0.15) is 0 Å². The third kappa shape index (κ3) is 10.2. The standard InChI is InChI=1S/C22H40O8/c1-2-3-4-5-6-7-8-9-10-11-12-13-14-15-16(23)29-22-19(26)17(24)18(25)20(30-22)21(27)28/h17-20,22,24-26H,2-15H2,1H3,(H,27,28)/t17-,18-,19+,20-,22?/m0/s1. The molecule has 1 unspecified atom stereocenters. The van der Waals surface area contributed by atoms with Gasteiger partial charge in [0.2, 0.25) is 6.29 Å². The van der Waals surface area contributed by atoms with Crippen LogP contribution in [0.25, 0.3) is 0 Å². The van der Waals surface area contributed by atoms with Gasteiger partial charge >= 0.3 is 11.9 Å². The van der Waals surface area contributed by atoms with E-state index in [0.29, 0.717) is 6.42 Å². The van der Waals surface area contributed by atoms with Crippen LogP contribution in [-0.4, -0.2) is 63.1 Å². The number of aliphatic hydroxyl groups is 3. The topological polar surface area (TPSA) is 134 Å². The van der Waals surface area contributed by atoms with Crippen molar-refractivity contribution in [1.82, 2.24) is 0 Å². The van der Waals surface area contributed by atoms with Crippen LogP contribution < -0.4 is 0 Å². The van der Waals surface area contributed by atoms with E-state index in [1.54, 1.807) is 0 Å². The molecule has 0 aromatic rings. The van der Waals surface area contributed by atoms with Crippen LogP contribution in [0.15, 0.2) is 0 Å². The molecule has 1 rings (SSSR count). The van der Waals surface area contributed by atoms with Crippen LogP contribution in [0.4, 0.5) is 0 Å². The van der Waals surface area contributed by atoms with Crippen molar-refractivity contribution in [2.24, 2.45) is 0 Å². The average molecular weight is 433 g/mol. The summed E-state index contributed by atoms with van der Waals surface area (Å²) in [4.78, 5) is 23.0. The Balaban J connectivity index is 2.06. The van der Waals surface area contributed by atoms with Gasteiger partial charge in [0.25, 0.3) is 0 Å². The molecule has 4 N–H and O–H groups in total. The van der Waals surface area contributed by atoms with E-state index in [2.05, 4.69) is 6.92 Å². The molecule has 0 aromatic carbocycles. The Kier molecular flexibility index (Phi) is 13.9. The summed E-state index contributed by atoms with van der Waals surface area (Å²) in [6.45, 7) is 2.23. The van der Waals surface area contributed by atoms with E-state index < -0.39 is 42.6 Å². The number of esters is 1. The number of aliphatic hydroxyl groups excluding tert-OH is 3. The molecule has 1 heterocycles. The fourth-order valence-electron chi connectivity index (χ4n) is 3.62. The molecule has 1 aliphatic rings. The minimum Gasteiger partial charge on any atom is -0.479 e. The van der Waals surface area contributed by atoms with Crippen LogP contribution in [-0.2, 0) is 19.1 Å². The first kappa shape index (κ1) is 26.8. The van der Waals surface area contributed by atoms with Crippen molar-refractivity contribution in [3.05, 3.63) is 0 Å². The number of hydrogen-bond donors (Lipinski definition) is 4. The molecule has 0 aromatic heterocycles. The number of aliphatic carboxylic acids is 1. The molecule has 0 saturated carbocycles. The molecule has 0 aliphatic carbocycles. The number of carboxylic acids is 1. The number of rotatable bonds is 16. The van der Waals surface area contributed by atoms with E-state index in [1.165, 1.54) is 57.8 Å². The van der Waals surface area contributed by atoms with E-state index in [1.807, 2.05) is 0 Å². The number of hydrogen-bond acceptors (Lipinski definition) is 7. The SMILES string of the molecule is CCCCCCCCCCCCCCCC(=O)OC1O[C@H](C(=O)O)[C@@H](O)[C@H](O)[C@H]1O. The molecule has 8 heteroatoms. The lowest BCUT2D eigenvalue weighted by Crippen LogP contribution is -2.60. The molecule has 0 bridgehead atoms. The molecule has 1 aliphatic heterocycles. The van der Waals surface area contributed by atoms with E-state index in [4.69, 9.17) is 14.6 Å². The number of unbranched alkanes of at least 4 members (excludes halogenated alkanes) is 12. The summed E-state index contributed by atoms with van der Waals surface area (Å²) in [6, 6.07) is 0. The number of carbonyl (C=O) groups excluding carboxylic acids is 1. The Labute approximate surface area is 179 Å². The monoisotopic (exact) mass is 432 g/mol. The first-order chi connectivity index (χ1) is 14.4. The Hall–Kier alpha value is -1.22. The summed E-state index contributed by atoms with van der Waals surface area (Å²) < 4.78 is 9.89. The van der Waals surface area contributed by atoms with Crippen molar-refractivity contribution in [1.29, 1.82) is 0 Å². The van der Waals surface area contributed by atoms with Gasteiger partial charge in [0, 0.05) is 6.42 Å². The average Bonchev–Trinajstić information content (AvgIpc) is 2.71. The second-order valence-electron chi connectivity index (χ2n) is 8.22. The molecule has 30 heavy (non-hydrogen) atoms. The van der Waals surface area contributed by atoms with Gasteiger partial charge in [-0.3, -0.25) is 4.79 Å². The number of ether oxygens (including phenoxy) is 2. The first-order valence-electron chi connectivity index (χ1n) is 11.5. The molecule has 1 fully saturated rings. The fourth-order valence-corrected chi connectivity index (χ4v) is 3.62. The lowest BCUT2D eigenvalue weighted by Gasteiger charge is -2.37. The first-order valence-corrected chi connectivity index (χ1v) is 11.5. The van der Waals surface area contributed by atoms with Gasteiger partial charge in [-0.25, -0.2) is 4.79 Å². The lowest BCUT2D eigenvalue weighted by molar-refractivity contribution is -0.286. The van der Waals surface area contributed by atoms with Crippen LogP contribution in [0.1, 0.15) is 96.8 Å². The molecule has 1 saturated heterocycles. The molecular weight excluding hydrogens is 392 g/mol. The second kappa shape index (κ2) is 15.6.